The molecule has 11 heteroatoms. The predicted octanol–water partition coefficient (Wildman–Crippen LogP) is -0.0814. The average Bonchev–Trinajstić information content (AvgIpc) is 3.37. The third-order valence-corrected chi connectivity index (χ3v) is 5.02. The van der Waals surface area contributed by atoms with E-state index in [1.807, 2.05) is 12.1 Å². The fraction of sp³-hybridized carbons (Fsp3) is 0.381. The Bertz CT molecular complexity index is 1160. The topological polar surface area (TPSA) is 144 Å². The lowest BCUT2D eigenvalue weighted by Crippen LogP contribution is -2.33. The number of para-hydroxylation sites is 2. The molecule has 1 aliphatic rings. The summed E-state index contributed by atoms with van der Waals surface area (Å²) in [5, 5.41) is 32.7. The van der Waals surface area contributed by atoms with Crippen LogP contribution in [0.1, 0.15) is 12.1 Å². The Hall–Kier alpha value is -3.43. The fourth-order valence-corrected chi connectivity index (χ4v) is 3.41. The van der Waals surface area contributed by atoms with Gasteiger partial charge in [-0.15, -0.1) is 0 Å². The van der Waals surface area contributed by atoms with Crippen LogP contribution in [0.5, 0.6) is 11.5 Å². The van der Waals surface area contributed by atoms with Crippen LogP contribution in [0, 0.1) is 11.8 Å². The highest BCUT2D eigenvalue weighted by Gasteiger charge is 2.44. The Morgan fingerprint density at radius 2 is 1.97 bits per heavy atom. The summed E-state index contributed by atoms with van der Waals surface area (Å²) in [4.78, 5) is 13.1. The van der Waals surface area contributed by atoms with Crippen LogP contribution in [0.25, 0.3) is 11.2 Å². The van der Waals surface area contributed by atoms with Gasteiger partial charge in [0.25, 0.3) is 0 Å². The smallest absolute Gasteiger partial charge is 0.209 e. The number of nitrogens with one attached hydrogen (secondary N) is 1. The minimum Gasteiger partial charge on any atom is -0.493 e. The van der Waals surface area contributed by atoms with E-state index < -0.39 is 31.1 Å². The molecule has 0 amide bonds. The number of hydrogen-bond acceptors (Lipinski definition) is 10. The molecular formula is C21H23N5O6. The molecular weight excluding hydrogens is 418 g/mol. The number of aromatic nitrogens is 4. The van der Waals surface area contributed by atoms with Crippen LogP contribution in [0.2, 0.25) is 0 Å². The summed E-state index contributed by atoms with van der Waals surface area (Å²) in [6.45, 7) is -0.341. The molecule has 1 aromatic carbocycles. The largest absolute Gasteiger partial charge is 0.493 e. The first-order chi connectivity index (χ1) is 15.6. The number of benzene rings is 1. The Balaban J connectivity index is 1.60. The van der Waals surface area contributed by atoms with E-state index in [4.69, 9.17) is 14.2 Å². The van der Waals surface area contributed by atoms with E-state index in [0.29, 0.717) is 28.5 Å². The number of ether oxygens (including phenoxy) is 3. The number of imidazole rings is 1. The van der Waals surface area contributed by atoms with Crippen LogP contribution in [0.3, 0.4) is 0 Å². The van der Waals surface area contributed by atoms with E-state index >= 15 is 0 Å². The Kier molecular flexibility index (Phi) is 6.38. The van der Waals surface area contributed by atoms with Gasteiger partial charge in [-0.3, -0.25) is 4.57 Å². The lowest BCUT2D eigenvalue weighted by atomic mass is 10.1. The second kappa shape index (κ2) is 9.37. The van der Waals surface area contributed by atoms with Crippen molar-refractivity contribution in [3.05, 3.63) is 36.4 Å². The first-order valence-electron chi connectivity index (χ1n) is 9.86. The minimum absolute atomic E-state index is 0.0880. The maximum absolute atomic E-state index is 10.4. The van der Waals surface area contributed by atoms with Gasteiger partial charge in [0.05, 0.1) is 20.0 Å². The SMILES string of the molecule is CNc1nc(C#CCOc2ccccc2OC)nc2c1ncn2[C@@H]1O[C@H](CO)[C@@H](O)[C@H]1O. The monoisotopic (exact) mass is 441 g/mol. The lowest BCUT2D eigenvalue weighted by molar-refractivity contribution is -0.0511. The van der Waals surface area contributed by atoms with Gasteiger partial charge in [-0.05, 0) is 18.1 Å². The molecule has 0 spiro atoms. The van der Waals surface area contributed by atoms with Crippen molar-refractivity contribution in [1.29, 1.82) is 0 Å². The summed E-state index contributed by atoms with van der Waals surface area (Å²) in [6, 6.07) is 7.25. The maximum atomic E-state index is 10.4. The molecule has 4 N–H and O–H groups in total. The molecule has 0 radical (unpaired) electrons. The van der Waals surface area contributed by atoms with Crippen LogP contribution >= 0.6 is 0 Å². The van der Waals surface area contributed by atoms with E-state index in [0.717, 1.165) is 0 Å². The van der Waals surface area contributed by atoms with Crippen molar-refractivity contribution in [2.75, 3.05) is 32.7 Å². The Morgan fingerprint density at radius 1 is 1.19 bits per heavy atom. The number of aliphatic hydroxyl groups excluding tert-OH is 3. The van der Waals surface area contributed by atoms with Gasteiger partial charge in [0.1, 0.15) is 24.9 Å². The highest BCUT2D eigenvalue weighted by molar-refractivity contribution is 5.83. The zero-order valence-corrected chi connectivity index (χ0v) is 17.5. The molecule has 4 atom stereocenters. The summed E-state index contributed by atoms with van der Waals surface area (Å²) < 4.78 is 18.0. The normalized spacial score (nSPS) is 22.4. The van der Waals surface area contributed by atoms with Gasteiger partial charge in [0.15, 0.2) is 34.7 Å². The second-order valence-corrected chi connectivity index (χ2v) is 6.94. The molecule has 4 rings (SSSR count). The van der Waals surface area contributed by atoms with Crippen LogP contribution < -0.4 is 14.8 Å². The number of nitrogens with zero attached hydrogens (tertiary/aromatic N) is 4. The Labute approximate surface area is 183 Å². The third kappa shape index (κ3) is 4.04. The van der Waals surface area contributed by atoms with Crippen molar-refractivity contribution in [3.8, 4) is 23.3 Å². The van der Waals surface area contributed by atoms with Gasteiger partial charge in [0.2, 0.25) is 5.82 Å². The highest BCUT2D eigenvalue weighted by atomic mass is 16.6. The van der Waals surface area contributed by atoms with Crippen molar-refractivity contribution >= 4 is 17.0 Å². The molecule has 1 saturated heterocycles. The van der Waals surface area contributed by atoms with Crippen molar-refractivity contribution in [2.45, 2.75) is 24.5 Å². The van der Waals surface area contributed by atoms with E-state index in [1.54, 1.807) is 26.3 Å². The van der Waals surface area contributed by atoms with Gasteiger partial charge in [0, 0.05) is 7.05 Å². The van der Waals surface area contributed by atoms with E-state index in [9.17, 15) is 15.3 Å². The quantitative estimate of drug-likeness (QED) is 0.383. The van der Waals surface area contributed by atoms with Crippen molar-refractivity contribution < 1.29 is 29.5 Å². The lowest BCUT2D eigenvalue weighted by Gasteiger charge is -2.16. The van der Waals surface area contributed by atoms with E-state index in [1.165, 1.54) is 10.9 Å². The third-order valence-electron chi connectivity index (χ3n) is 5.02. The molecule has 0 unspecified atom stereocenters. The van der Waals surface area contributed by atoms with Crippen molar-refractivity contribution in [2.24, 2.45) is 0 Å². The molecule has 0 saturated carbocycles. The summed E-state index contributed by atoms with van der Waals surface area (Å²) in [5.74, 6) is 7.54. The van der Waals surface area contributed by atoms with Gasteiger partial charge in [-0.2, -0.15) is 0 Å². The molecule has 1 aliphatic heterocycles. The number of hydrogen-bond donors (Lipinski definition) is 4. The minimum atomic E-state index is -1.26. The molecule has 11 nitrogen and oxygen atoms in total. The van der Waals surface area contributed by atoms with Crippen LogP contribution in [0.4, 0.5) is 5.82 Å². The van der Waals surface area contributed by atoms with Gasteiger partial charge in [-0.25, -0.2) is 15.0 Å². The van der Waals surface area contributed by atoms with Crippen LogP contribution in [-0.4, -0.2) is 80.5 Å². The number of aliphatic hydroxyl groups is 3. The fourth-order valence-electron chi connectivity index (χ4n) is 3.41. The summed E-state index contributed by atoms with van der Waals surface area (Å²) in [7, 11) is 3.25. The number of anilines is 1. The first-order valence-corrected chi connectivity index (χ1v) is 9.86. The molecule has 1 fully saturated rings. The first kappa shape index (κ1) is 21.8. The maximum Gasteiger partial charge on any atom is 0.209 e. The van der Waals surface area contributed by atoms with Gasteiger partial charge < -0.3 is 34.8 Å². The van der Waals surface area contributed by atoms with Crippen molar-refractivity contribution in [3.63, 3.8) is 0 Å². The standard InChI is InChI=1S/C21H23N5O6/c1-22-19-16-20(26(11-23-16)21-18(29)17(28)14(10-27)32-21)25-15(24-19)8-5-9-31-13-7-4-3-6-12(13)30-2/h3-4,6-7,11,14,17-18,21,27-29H,9-10H2,1-2H3,(H,22,24,25)/t14-,17-,18-,21-/m1/s1. The number of rotatable bonds is 6. The molecule has 168 valence electrons. The van der Waals surface area contributed by atoms with Gasteiger partial charge >= 0.3 is 0 Å². The van der Waals surface area contributed by atoms with E-state index in [2.05, 4.69) is 32.1 Å². The average molecular weight is 441 g/mol. The zero-order valence-electron chi connectivity index (χ0n) is 17.5. The summed E-state index contributed by atoms with van der Waals surface area (Å²) in [5.41, 5.74) is 0.801. The van der Waals surface area contributed by atoms with E-state index in [-0.39, 0.29) is 12.4 Å². The molecule has 3 aromatic rings. The molecule has 2 aromatic heterocycles. The molecule has 32 heavy (non-hydrogen) atoms. The molecule has 3 heterocycles. The van der Waals surface area contributed by atoms with Crippen LogP contribution in [0.15, 0.2) is 30.6 Å². The van der Waals surface area contributed by atoms with Crippen molar-refractivity contribution in [1.82, 2.24) is 19.5 Å². The summed E-state index contributed by atoms with van der Waals surface area (Å²) in [6.07, 6.45) is -2.95. The van der Waals surface area contributed by atoms with Crippen LogP contribution in [-0.2, 0) is 4.74 Å². The zero-order chi connectivity index (χ0) is 22.7. The molecule has 0 aliphatic carbocycles. The number of methoxy groups -OCH3 is 1. The summed E-state index contributed by atoms with van der Waals surface area (Å²) >= 11 is 0. The predicted molar refractivity (Wildman–Crippen MR) is 113 cm³/mol. The second-order valence-electron chi connectivity index (χ2n) is 6.94. The Morgan fingerprint density at radius 3 is 2.66 bits per heavy atom. The molecule has 0 bridgehead atoms. The van der Waals surface area contributed by atoms with Gasteiger partial charge in [-0.1, -0.05) is 18.1 Å². The highest BCUT2D eigenvalue weighted by Crippen LogP contribution is 2.32. The number of fused-ring (bicyclic) bond motifs is 1.